The van der Waals surface area contributed by atoms with Crippen molar-refractivity contribution in [3.05, 3.63) is 107 Å². The third-order valence-electron chi connectivity index (χ3n) is 8.09. The van der Waals surface area contributed by atoms with Crippen molar-refractivity contribution < 1.29 is 32.8 Å². The highest BCUT2D eigenvalue weighted by atomic mass is 32.2. The molecule has 3 aromatic carbocycles. The lowest BCUT2D eigenvalue weighted by Gasteiger charge is -2.23. The summed E-state index contributed by atoms with van der Waals surface area (Å²) in [7, 11) is -3.96. The molecule has 0 aromatic heterocycles. The Hall–Kier alpha value is -5.28. The molecule has 2 unspecified atom stereocenters. The fourth-order valence-electron chi connectivity index (χ4n) is 5.36. The number of carbonyl (C=O) groups is 4. The van der Waals surface area contributed by atoms with Crippen molar-refractivity contribution in [2.24, 2.45) is 10.9 Å². The van der Waals surface area contributed by atoms with Gasteiger partial charge in [-0.25, -0.2) is 13.1 Å². The summed E-state index contributed by atoms with van der Waals surface area (Å²) in [6.45, 7) is 0.660. The average Bonchev–Trinajstić information content (AvgIpc) is 3.12. The monoisotopic (exact) mass is 705 g/mol. The Bertz CT molecular complexity index is 1770. The van der Waals surface area contributed by atoms with E-state index >= 15 is 0 Å². The Balaban J connectivity index is 1.51. The number of amidine groups is 1. The van der Waals surface area contributed by atoms with Crippen molar-refractivity contribution in [3.8, 4) is 0 Å². The number of nitrogens with zero attached hydrogens (tertiary/aromatic N) is 1. The molecule has 14 nitrogen and oxygen atoms in total. The summed E-state index contributed by atoms with van der Waals surface area (Å²) in [4.78, 5) is 52.7. The van der Waals surface area contributed by atoms with Crippen LogP contribution in [0.5, 0.6) is 0 Å². The molecule has 3 aromatic rings. The van der Waals surface area contributed by atoms with Crippen molar-refractivity contribution >= 4 is 39.5 Å². The third kappa shape index (κ3) is 11.7. The van der Waals surface area contributed by atoms with Gasteiger partial charge in [0.05, 0.1) is 5.75 Å². The minimum Gasteiger partial charge on any atom is -0.409 e. The average molecular weight is 706 g/mol. The highest BCUT2D eigenvalue weighted by Crippen LogP contribution is 2.12. The number of rotatable bonds is 8. The number of amides is 4. The number of sulfonamides is 1. The third-order valence-corrected chi connectivity index (χ3v) is 9.45. The number of oxime groups is 1. The number of nitrogens with one attached hydrogen (secondary N) is 5. The Morgan fingerprint density at radius 1 is 0.820 bits per heavy atom. The van der Waals surface area contributed by atoms with E-state index in [0.717, 1.165) is 5.56 Å². The van der Waals surface area contributed by atoms with Crippen LogP contribution in [0.1, 0.15) is 75.9 Å². The highest BCUT2D eigenvalue weighted by Gasteiger charge is 2.29. The van der Waals surface area contributed by atoms with Gasteiger partial charge in [-0.3, -0.25) is 19.2 Å². The van der Waals surface area contributed by atoms with Gasteiger partial charge in [0.25, 0.3) is 11.8 Å². The van der Waals surface area contributed by atoms with Gasteiger partial charge < -0.3 is 32.2 Å². The number of hydrogen-bond acceptors (Lipinski definition) is 8. The van der Waals surface area contributed by atoms with Crippen LogP contribution in [-0.4, -0.2) is 68.3 Å². The lowest BCUT2D eigenvalue weighted by atomic mass is 10.1. The van der Waals surface area contributed by atoms with E-state index in [2.05, 4.69) is 31.1 Å². The molecule has 2 bridgehead atoms. The fourth-order valence-corrected chi connectivity index (χ4v) is 6.73. The lowest BCUT2D eigenvalue weighted by Crippen LogP contribution is -2.53. The first-order chi connectivity index (χ1) is 24.0. The van der Waals surface area contributed by atoms with Crippen LogP contribution >= 0.6 is 0 Å². The quantitative estimate of drug-likeness (QED) is 0.0792. The molecule has 0 saturated carbocycles. The van der Waals surface area contributed by atoms with E-state index in [-0.39, 0.29) is 55.9 Å². The number of benzene rings is 3. The van der Waals surface area contributed by atoms with Crippen molar-refractivity contribution in [2.75, 3.05) is 13.1 Å². The standard InChI is InChI=1S/C35H43N7O7S/c36-31(41-47)26-17-15-24(16-18-26)22-39-34(45)29-13-4-6-19-37-32(43)27-11-8-12-28(21-27)33(44)38-20-7-5-14-30(35(46)40-29)42-50(48,49)23-25-9-2-1-3-10-25/h1-3,8-12,15-18,21,29-30,42,47H,4-7,13-14,19-20,22-23H2,(H2,36,41)(H,37,43)(H,38,44)(H,39,45)(H,40,46). The molecule has 0 aliphatic carbocycles. The van der Waals surface area contributed by atoms with Crippen LogP contribution in [0.15, 0.2) is 84.0 Å². The summed E-state index contributed by atoms with van der Waals surface area (Å²) >= 11 is 0. The van der Waals surface area contributed by atoms with Crippen LogP contribution in [0.3, 0.4) is 0 Å². The summed E-state index contributed by atoms with van der Waals surface area (Å²) < 4.78 is 28.9. The van der Waals surface area contributed by atoms with E-state index in [0.29, 0.717) is 47.9 Å². The zero-order chi connectivity index (χ0) is 35.9. The SMILES string of the molecule is NC(=NO)c1ccc(CNC(=O)C2CCCCNC(=O)c3cccc(c3)C(=O)NCCCCC(NS(=O)(=O)Cc3ccccc3)C(=O)N2)cc1. The van der Waals surface area contributed by atoms with Crippen molar-refractivity contribution in [1.82, 2.24) is 26.0 Å². The molecular weight excluding hydrogens is 662 g/mol. The minimum atomic E-state index is -3.96. The van der Waals surface area contributed by atoms with E-state index in [1.165, 1.54) is 6.07 Å². The van der Waals surface area contributed by atoms with Crippen LogP contribution in [0, 0.1) is 0 Å². The topological polar surface area (TPSA) is 221 Å². The van der Waals surface area contributed by atoms with Crippen LogP contribution in [-0.2, 0) is 31.9 Å². The molecule has 1 aliphatic heterocycles. The second kappa shape index (κ2) is 18.5. The second-order valence-corrected chi connectivity index (χ2v) is 13.7. The van der Waals surface area contributed by atoms with Crippen LogP contribution in [0.25, 0.3) is 0 Å². The normalized spacial score (nSPS) is 18.7. The molecule has 0 fully saturated rings. The zero-order valence-corrected chi connectivity index (χ0v) is 28.4. The van der Waals surface area contributed by atoms with E-state index in [1.54, 1.807) is 72.8 Å². The molecule has 8 N–H and O–H groups in total. The van der Waals surface area contributed by atoms with Crippen LogP contribution in [0.2, 0.25) is 0 Å². The highest BCUT2D eigenvalue weighted by molar-refractivity contribution is 7.88. The Kier molecular flexibility index (Phi) is 13.9. The van der Waals surface area contributed by atoms with Crippen LogP contribution in [0.4, 0.5) is 0 Å². The van der Waals surface area contributed by atoms with Crippen molar-refractivity contribution in [2.45, 2.75) is 62.9 Å². The minimum absolute atomic E-state index is 0.0560. The predicted molar refractivity (Wildman–Crippen MR) is 188 cm³/mol. The number of carbonyl (C=O) groups excluding carboxylic acids is 4. The van der Waals surface area contributed by atoms with E-state index in [4.69, 9.17) is 10.9 Å². The maximum absolute atomic E-state index is 13.7. The molecule has 0 saturated heterocycles. The Morgan fingerprint density at radius 3 is 2.06 bits per heavy atom. The molecule has 0 radical (unpaired) electrons. The van der Waals surface area contributed by atoms with E-state index in [1.807, 2.05) is 0 Å². The first kappa shape index (κ1) is 37.5. The van der Waals surface area contributed by atoms with Gasteiger partial charge >= 0.3 is 0 Å². The predicted octanol–water partition coefficient (Wildman–Crippen LogP) is 1.88. The largest absolute Gasteiger partial charge is 0.409 e. The molecule has 4 rings (SSSR count). The summed E-state index contributed by atoms with van der Waals surface area (Å²) in [6.07, 6.45) is 2.08. The summed E-state index contributed by atoms with van der Waals surface area (Å²) in [5.41, 5.74) is 8.06. The molecule has 4 amide bonds. The Labute approximate surface area is 291 Å². The fraction of sp³-hybridized carbons (Fsp3) is 0.343. The molecule has 1 aliphatic rings. The van der Waals surface area contributed by atoms with Gasteiger partial charge in [0.2, 0.25) is 21.8 Å². The number of hydrogen-bond donors (Lipinski definition) is 7. The number of nitrogens with two attached hydrogens (primary N) is 1. The summed E-state index contributed by atoms with van der Waals surface area (Å²) in [5.74, 6) is -2.22. The van der Waals surface area contributed by atoms with Crippen molar-refractivity contribution in [3.63, 3.8) is 0 Å². The summed E-state index contributed by atoms with van der Waals surface area (Å²) in [5, 5.41) is 23.1. The molecule has 266 valence electrons. The molecule has 2 atom stereocenters. The van der Waals surface area contributed by atoms with Gasteiger partial charge in [-0.2, -0.15) is 0 Å². The van der Waals surface area contributed by atoms with E-state index < -0.39 is 33.9 Å². The second-order valence-electron chi connectivity index (χ2n) is 12.0. The van der Waals surface area contributed by atoms with Gasteiger partial charge in [0.1, 0.15) is 12.1 Å². The first-order valence-corrected chi connectivity index (χ1v) is 18.0. The molecule has 1 heterocycles. The maximum Gasteiger partial charge on any atom is 0.251 e. The Morgan fingerprint density at radius 2 is 1.44 bits per heavy atom. The van der Waals surface area contributed by atoms with Gasteiger partial charge in [-0.15, -0.1) is 0 Å². The molecule has 0 spiro atoms. The molecule has 15 heteroatoms. The maximum atomic E-state index is 13.7. The smallest absolute Gasteiger partial charge is 0.251 e. The van der Waals surface area contributed by atoms with Gasteiger partial charge in [0.15, 0.2) is 5.84 Å². The van der Waals surface area contributed by atoms with Gasteiger partial charge in [0, 0.05) is 36.3 Å². The summed E-state index contributed by atoms with van der Waals surface area (Å²) in [6, 6.07) is 19.4. The zero-order valence-electron chi connectivity index (χ0n) is 27.6. The van der Waals surface area contributed by atoms with Crippen LogP contribution < -0.4 is 31.7 Å². The lowest BCUT2D eigenvalue weighted by molar-refractivity contribution is -0.130. The van der Waals surface area contributed by atoms with E-state index in [9.17, 15) is 27.6 Å². The van der Waals surface area contributed by atoms with Gasteiger partial charge in [-0.05, 0) is 67.9 Å². The molecule has 50 heavy (non-hydrogen) atoms. The van der Waals surface area contributed by atoms with Gasteiger partial charge in [-0.1, -0.05) is 65.8 Å². The van der Waals surface area contributed by atoms with Crippen molar-refractivity contribution in [1.29, 1.82) is 0 Å². The first-order valence-electron chi connectivity index (χ1n) is 16.4. The molecular formula is C35H43N7O7S. The number of fused-ring (bicyclic) bond motifs is 2.